The summed E-state index contributed by atoms with van der Waals surface area (Å²) >= 11 is 7.36. The van der Waals surface area contributed by atoms with Gasteiger partial charge in [-0.1, -0.05) is 11.6 Å². The molecule has 8 heteroatoms. The van der Waals surface area contributed by atoms with E-state index in [0.717, 1.165) is 47.3 Å². The number of hydrogen-bond acceptors (Lipinski definition) is 5. The Balaban J connectivity index is 1.66. The van der Waals surface area contributed by atoms with Crippen molar-refractivity contribution in [3.05, 3.63) is 52.5 Å². The number of rotatable bonds is 5. The van der Waals surface area contributed by atoms with Gasteiger partial charge in [0.05, 0.1) is 7.11 Å². The fraction of sp³-hybridized carbons (Fsp3) is 0.364. The molecule has 1 aromatic heterocycles. The summed E-state index contributed by atoms with van der Waals surface area (Å²) in [6.45, 7) is 3.86. The van der Waals surface area contributed by atoms with Crippen molar-refractivity contribution in [2.24, 2.45) is 0 Å². The van der Waals surface area contributed by atoms with Crippen molar-refractivity contribution < 1.29 is 13.2 Å². The molecule has 5 nitrogen and oxygen atoms in total. The number of aryl methyl sites for hydroxylation is 1. The number of ether oxygens (including phenoxy) is 1. The maximum Gasteiger partial charge on any atom is 0.271 e. The molecule has 0 bridgehead atoms. The standard InChI is InChI=1S/C22H25ClN2O3S2/c1-14-18-12-16(23)4-7-21(18)29-22(14)30(26,27)24-17-5-6-20(28-3)19(13-17)15-8-10-25(2)11-9-15/h4-7,12-13,15,24H,8-11H2,1-3H3. The van der Waals surface area contributed by atoms with Crippen LogP contribution in [0.2, 0.25) is 5.02 Å². The van der Waals surface area contributed by atoms with Crippen LogP contribution in [0.5, 0.6) is 5.75 Å². The highest BCUT2D eigenvalue weighted by Crippen LogP contribution is 2.38. The van der Waals surface area contributed by atoms with E-state index in [1.807, 2.05) is 31.2 Å². The lowest BCUT2D eigenvalue weighted by Crippen LogP contribution is -2.29. The number of thiophene rings is 1. The molecule has 1 aliphatic rings. The molecule has 0 aliphatic carbocycles. The van der Waals surface area contributed by atoms with E-state index in [2.05, 4.69) is 16.7 Å². The number of anilines is 1. The van der Waals surface area contributed by atoms with Gasteiger partial charge in [0.25, 0.3) is 10.0 Å². The predicted molar refractivity (Wildman–Crippen MR) is 125 cm³/mol. The lowest BCUT2D eigenvalue weighted by Gasteiger charge is -2.30. The van der Waals surface area contributed by atoms with E-state index < -0.39 is 10.0 Å². The minimum absolute atomic E-state index is 0.316. The summed E-state index contributed by atoms with van der Waals surface area (Å²) < 4.78 is 35.9. The van der Waals surface area contributed by atoms with Crippen molar-refractivity contribution in [2.75, 3.05) is 32.0 Å². The lowest BCUT2D eigenvalue weighted by atomic mass is 9.88. The molecule has 160 valence electrons. The van der Waals surface area contributed by atoms with Crippen LogP contribution >= 0.6 is 22.9 Å². The zero-order chi connectivity index (χ0) is 21.5. The predicted octanol–water partition coefficient (Wildman–Crippen LogP) is 5.48. The molecule has 2 aromatic carbocycles. The Labute approximate surface area is 186 Å². The van der Waals surface area contributed by atoms with E-state index in [-0.39, 0.29) is 0 Å². The van der Waals surface area contributed by atoms with Crippen LogP contribution in [-0.4, -0.2) is 40.6 Å². The molecule has 1 aliphatic heterocycles. The summed E-state index contributed by atoms with van der Waals surface area (Å²) in [6.07, 6.45) is 2.05. The molecule has 0 spiro atoms. The lowest BCUT2D eigenvalue weighted by molar-refractivity contribution is 0.252. The summed E-state index contributed by atoms with van der Waals surface area (Å²) in [7, 11) is 0.0615. The minimum atomic E-state index is -3.72. The molecule has 0 radical (unpaired) electrons. The van der Waals surface area contributed by atoms with Crippen LogP contribution in [0.25, 0.3) is 10.1 Å². The molecule has 30 heavy (non-hydrogen) atoms. The van der Waals surface area contributed by atoms with Gasteiger partial charge in [-0.25, -0.2) is 8.42 Å². The number of hydrogen-bond donors (Lipinski definition) is 1. The summed E-state index contributed by atoms with van der Waals surface area (Å²) in [5, 5.41) is 1.47. The fourth-order valence-corrected chi connectivity index (χ4v) is 7.03. The Hall–Kier alpha value is -1.80. The molecule has 2 heterocycles. The van der Waals surface area contributed by atoms with Crippen LogP contribution in [0.3, 0.4) is 0 Å². The number of nitrogens with zero attached hydrogens (tertiary/aromatic N) is 1. The average molecular weight is 465 g/mol. The quantitative estimate of drug-likeness (QED) is 0.543. The molecule has 1 saturated heterocycles. The van der Waals surface area contributed by atoms with Gasteiger partial charge in [0.1, 0.15) is 9.96 Å². The van der Waals surface area contributed by atoms with E-state index in [4.69, 9.17) is 16.3 Å². The van der Waals surface area contributed by atoms with Crippen molar-refractivity contribution in [1.82, 2.24) is 4.90 Å². The van der Waals surface area contributed by atoms with E-state index in [1.165, 1.54) is 11.3 Å². The highest BCUT2D eigenvalue weighted by molar-refractivity contribution is 7.94. The molecular formula is C22H25ClN2O3S2. The van der Waals surface area contributed by atoms with Crippen LogP contribution in [0.4, 0.5) is 5.69 Å². The summed E-state index contributed by atoms with van der Waals surface area (Å²) in [5.41, 5.74) is 2.33. The molecule has 0 amide bonds. The molecule has 1 N–H and O–H groups in total. The normalized spacial score (nSPS) is 16.1. The zero-order valence-corrected chi connectivity index (χ0v) is 19.6. The maximum absolute atomic E-state index is 13.2. The number of halogens is 1. The highest BCUT2D eigenvalue weighted by atomic mass is 35.5. The van der Waals surface area contributed by atoms with Gasteiger partial charge in [-0.3, -0.25) is 4.72 Å². The first-order valence-electron chi connectivity index (χ1n) is 9.86. The third kappa shape index (κ3) is 4.17. The summed E-state index contributed by atoms with van der Waals surface area (Å²) in [6, 6.07) is 11.0. The van der Waals surface area contributed by atoms with Crippen molar-refractivity contribution in [1.29, 1.82) is 0 Å². The molecule has 0 saturated carbocycles. The van der Waals surface area contributed by atoms with Gasteiger partial charge >= 0.3 is 0 Å². The largest absolute Gasteiger partial charge is 0.496 e. The van der Waals surface area contributed by atoms with Crippen LogP contribution < -0.4 is 9.46 Å². The van der Waals surface area contributed by atoms with E-state index in [1.54, 1.807) is 19.2 Å². The van der Waals surface area contributed by atoms with E-state index >= 15 is 0 Å². The maximum atomic E-state index is 13.2. The van der Waals surface area contributed by atoms with E-state index in [9.17, 15) is 8.42 Å². The molecular weight excluding hydrogens is 440 g/mol. The van der Waals surface area contributed by atoms with Crippen LogP contribution in [0.15, 0.2) is 40.6 Å². The Bertz CT molecular complexity index is 1180. The van der Waals surface area contributed by atoms with E-state index in [0.29, 0.717) is 26.4 Å². The minimum Gasteiger partial charge on any atom is -0.496 e. The second-order valence-corrected chi connectivity index (χ2v) is 11.2. The fourth-order valence-electron chi connectivity index (χ4n) is 4.06. The second-order valence-electron chi connectivity index (χ2n) is 7.79. The number of piperidine rings is 1. The van der Waals surface area contributed by atoms with Gasteiger partial charge in [-0.05, 0) is 98.7 Å². The number of sulfonamides is 1. The first kappa shape index (κ1) is 21.4. The topological polar surface area (TPSA) is 58.6 Å². The van der Waals surface area contributed by atoms with Crippen molar-refractivity contribution in [3.8, 4) is 5.75 Å². The monoisotopic (exact) mass is 464 g/mol. The number of likely N-dealkylation sites (tertiary alicyclic amines) is 1. The van der Waals surface area contributed by atoms with Crippen molar-refractivity contribution in [3.63, 3.8) is 0 Å². The second kappa shape index (κ2) is 8.38. The molecule has 1 fully saturated rings. The SMILES string of the molecule is COc1ccc(NS(=O)(=O)c2sc3ccc(Cl)cc3c2C)cc1C1CCN(C)CC1. The van der Waals surface area contributed by atoms with Gasteiger partial charge in [0.2, 0.25) is 0 Å². The van der Waals surface area contributed by atoms with Gasteiger partial charge in [0.15, 0.2) is 0 Å². The number of benzene rings is 2. The first-order chi connectivity index (χ1) is 14.3. The van der Waals surface area contributed by atoms with Gasteiger partial charge in [0, 0.05) is 15.4 Å². The number of methoxy groups -OCH3 is 1. The Morgan fingerprint density at radius 1 is 1.17 bits per heavy atom. The van der Waals surface area contributed by atoms with Crippen LogP contribution in [-0.2, 0) is 10.0 Å². The van der Waals surface area contributed by atoms with Crippen LogP contribution in [0.1, 0.15) is 29.9 Å². The molecule has 0 unspecified atom stereocenters. The third-order valence-electron chi connectivity index (χ3n) is 5.74. The smallest absolute Gasteiger partial charge is 0.271 e. The number of nitrogens with one attached hydrogen (secondary N) is 1. The Kier molecular flexibility index (Phi) is 5.99. The third-order valence-corrected chi connectivity index (χ3v) is 9.25. The van der Waals surface area contributed by atoms with Gasteiger partial charge < -0.3 is 9.64 Å². The average Bonchev–Trinajstić information content (AvgIpc) is 3.05. The number of fused-ring (bicyclic) bond motifs is 1. The Morgan fingerprint density at radius 2 is 1.90 bits per heavy atom. The summed E-state index contributed by atoms with van der Waals surface area (Å²) in [4.78, 5) is 2.31. The zero-order valence-electron chi connectivity index (χ0n) is 17.2. The first-order valence-corrected chi connectivity index (χ1v) is 12.5. The Morgan fingerprint density at radius 3 is 2.60 bits per heavy atom. The highest BCUT2D eigenvalue weighted by Gasteiger charge is 2.25. The van der Waals surface area contributed by atoms with Gasteiger partial charge in [-0.15, -0.1) is 11.3 Å². The van der Waals surface area contributed by atoms with Crippen LogP contribution in [0, 0.1) is 6.92 Å². The molecule has 4 rings (SSSR count). The molecule has 0 atom stereocenters. The molecule has 3 aromatic rings. The summed E-state index contributed by atoms with van der Waals surface area (Å²) in [5.74, 6) is 1.16. The van der Waals surface area contributed by atoms with Crippen molar-refractivity contribution in [2.45, 2.75) is 29.9 Å². The van der Waals surface area contributed by atoms with Crippen molar-refractivity contribution >= 4 is 48.7 Å². The van der Waals surface area contributed by atoms with Gasteiger partial charge in [-0.2, -0.15) is 0 Å².